The van der Waals surface area contributed by atoms with Crippen LogP contribution < -0.4 is 9.47 Å². The number of ether oxygens (including phenoxy) is 2. The minimum absolute atomic E-state index is 0.120. The van der Waals surface area contributed by atoms with Crippen molar-refractivity contribution in [3.63, 3.8) is 0 Å². The number of aryl methyl sites for hydroxylation is 1. The molecule has 2 aromatic carbocycles. The van der Waals surface area contributed by atoms with Crippen LogP contribution in [-0.2, 0) is 21.9 Å². The molecule has 10 nitrogen and oxygen atoms in total. The number of sulfonamides is 1. The zero-order valence-corrected chi connectivity index (χ0v) is 21.3. The van der Waals surface area contributed by atoms with Gasteiger partial charge in [-0.2, -0.15) is 9.40 Å². The molecule has 4 heterocycles. The summed E-state index contributed by atoms with van der Waals surface area (Å²) in [6, 6.07) is 10.3. The quantitative estimate of drug-likeness (QED) is 0.492. The highest BCUT2D eigenvalue weighted by atomic mass is 32.2. The van der Waals surface area contributed by atoms with Gasteiger partial charge in [0.15, 0.2) is 17.6 Å². The summed E-state index contributed by atoms with van der Waals surface area (Å²) in [6.07, 6.45) is 0.149. The number of nitrogens with zero attached hydrogens (tertiary/aromatic N) is 4. The number of carbonyl (C=O) groups excluding carboxylic acids is 1. The van der Waals surface area contributed by atoms with Crippen LogP contribution in [0.3, 0.4) is 0 Å². The molecule has 6 rings (SSSR count). The molecule has 198 valence electrons. The van der Waals surface area contributed by atoms with Gasteiger partial charge in [0, 0.05) is 51.1 Å². The molecule has 1 aromatic heterocycles. The third-order valence-electron chi connectivity index (χ3n) is 6.97. The summed E-state index contributed by atoms with van der Waals surface area (Å²) in [4.78, 5) is 14.9. The summed E-state index contributed by atoms with van der Waals surface area (Å²) >= 11 is 0. The number of rotatable bonds is 5. The maximum absolute atomic E-state index is 13.4. The molecular weight excluding hydrogens is 515 g/mol. The first-order valence-corrected chi connectivity index (χ1v) is 13.5. The van der Waals surface area contributed by atoms with E-state index in [1.165, 1.54) is 38.2 Å². The Labute approximate surface area is 218 Å². The van der Waals surface area contributed by atoms with Gasteiger partial charge < -0.3 is 19.5 Å². The average Bonchev–Trinajstić information content (AvgIpc) is 3.61. The number of amides is 1. The van der Waals surface area contributed by atoms with Gasteiger partial charge in [-0.1, -0.05) is 12.1 Å². The van der Waals surface area contributed by atoms with E-state index in [1.54, 1.807) is 31.4 Å². The van der Waals surface area contributed by atoms with Gasteiger partial charge >= 0.3 is 0 Å². The van der Waals surface area contributed by atoms with Crippen LogP contribution in [0.5, 0.6) is 11.5 Å². The zero-order valence-electron chi connectivity index (χ0n) is 20.5. The van der Waals surface area contributed by atoms with Crippen LogP contribution in [0.4, 0.5) is 4.39 Å². The number of fused-ring (bicyclic) bond motifs is 1. The molecular formula is C26H25FN4O6S. The van der Waals surface area contributed by atoms with E-state index in [4.69, 9.17) is 9.47 Å². The molecule has 0 fully saturated rings. The standard InChI is InChI=1S/C26H25FN4O6S/c1-29-15-21(16-2-4-19(27)5-3-16)24(28-29)25(32)26(33)30-11-17-13-31(14-18(17)12-30)38(34,35)20-6-7-22-23(10-20)37-9-8-36-22/h2-7,10,15,25,32H,8-9,11-14H2,1H3. The molecule has 12 heteroatoms. The molecule has 1 unspecified atom stereocenters. The molecule has 0 saturated heterocycles. The summed E-state index contributed by atoms with van der Waals surface area (Å²) in [5.41, 5.74) is 3.02. The normalized spacial score (nSPS) is 18.1. The Morgan fingerprint density at radius 3 is 2.34 bits per heavy atom. The van der Waals surface area contributed by atoms with E-state index in [0.29, 0.717) is 35.8 Å². The maximum atomic E-state index is 13.4. The van der Waals surface area contributed by atoms with E-state index in [-0.39, 0.29) is 36.8 Å². The summed E-state index contributed by atoms with van der Waals surface area (Å²) in [5.74, 6) is -0.000960. The molecule has 0 bridgehead atoms. The first-order valence-electron chi connectivity index (χ1n) is 12.1. The lowest BCUT2D eigenvalue weighted by Gasteiger charge is -2.25. The Morgan fingerprint density at radius 2 is 1.66 bits per heavy atom. The van der Waals surface area contributed by atoms with Crippen LogP contribution in [0, 0.1) is 5.82 Å². The average molecular weight is 541 g/mol. The predicted molar refractivity (Wildman–Crippen MR) is 133 cm³/mol. The van der Waals surface area contributed by atoms with Crippen LogP contribution in [0.25, 0.3) is 11.1 Å². The number of benzene rings is 2. The Hall–Kier alpha value is -3.74. The first kappa shape index (κ1) is 24.6. The van der Waals surface area contributed by atoms with Crippen LogP contribution in [0.1, 0.15) is 11.8 Å². The largest absolute Gasteiger partial charge is 0.486 e. The van der Waals surface area contributed by atoms with Crippen molar-refractivity contribution in [2.45, 2.75) is 11.0 Å². The molecule has 1 atom stereocenters. The van der Waals surface area contributed by atoms with Crippen molar-refractivity contribution in [3.8, 4) is 22.6 Å². The number of carbonyl (C=O) groups is 1. The molecule has 3 aliphatic rings. The van der Waals surface area contributed by atoms with Crippen molar-refractivity contribution in [2.75, 3.05) is 39.4 Å². The van der Waals surface area contributed by atoms with Crippen molar-refractivity contribution in [1.29, 1.82) is 0 Å². The smallest absolute Gasteiger partial charge is 0.258 e. The minimum Gasteiger partial charge on any atom is -0.486 e. The second kappa shape index (κ2) is 9.22. The lowest BCUT2D eigenvalue weighted by Crippen LogP contribution is -2.38. The van der Waals surface area contributed by atoms with E-state index < -0.39 is 27.9 Å². The molecule has 1 amide bonds. The van der Waals surface area contributed by atoms with Crippen molar-refractivity contribution in [3.05, 3.63) is 71.3 Å². The Balaban J connectivity index is 1.14. The molecule has 0 radical (unpaired) electrons. The molecule has 1 N–H and O–H groups in total. The van der Waals surface area contributed by atoms with Gasteiger partial charge in [0.2, 0.25) is 10.0 Å². The molecule has 3 aromatic rings. The van der Waals surface area contributed by atoms with Crippen molar-refractivity contribution in [1.82, 2.24) is 19.0 Å². The van der Waals surface area contributed by atoms with Crippen LogP contribution in [0.15, 0.2) is 64.7 Å². The number of hydrogen-bond donors (Lipinski definition) is 1. The molecule has 0 saturated carbocycles. The Kier molecular flexibility index (Phi) is 5.97. The second-order valence-corrected chi connectivity index (χ2v) is 11.4. The molecule has 0 spiro atoms. The van der Waals surface area contributed by atoms with Gasteiger partial charge in [-0.15, -0.1) is 0 Å². The summed E-state index contributed by atoms with van der Waals surface area (Å²) in [6.45, 7) is 1.54. The third-order valence-corrected chi connectivity index (χ3v) is 8.75. The first-order chi connectivity index (χ1) is 18.2. The number of halogens is 1. The second-order valence-electron chi connectivity index (χ2n) is 9.49. The summed E-state index contributed by atoms with van der Waals surface area (Å²) in [5, 5.41) is 15.2. The lowest BCUT2D eigenvalue weighted by atomic mass is 10.0. The summed E-state index contributed by atoms with van der Waals surface area (Å²) < 4.78 is 53.9. The third kappa shape index (κ3) is 4.24. The van der Waals surface area contributed by atoms with Gasteiger partial charge in [0.05, 0.1) is 4.90 Å². The van der Waals surface area contributed by atoms with E-state index >= 15 is 0 Å². The fourth-order valence-electron chi connectivity index (χ4n) is 5.05. The van der Waals surface area contributed by atoms with Crippen LogP contribution in [-0.4, -0.2) is 77.8 Å². The fraction of sp³-hybridized carbons (Fsp3) is 0.308. The summed E-state index contributed by atoms with van der Waals surface area (Å²) in [7, 11) is -2.11. The fourth-order valence-corrected chi connectivity index (χ4v) is 6.50. The number of aliphatic hydroxyl groups is 1. The van der Waals surface area contributed by atoms with Crippen molar-refractivity contribution in [2.24, 2.45) is 7.05 Å². The number of aliphatic hydroxyl groups excluding tert-OH is 1. The van der Waals surface area contributed by atoms with Gasteiger partial charge in [-0.3, -0.25) is 9.48 Å². The highest BCUT2D eigenvalue weighted by Gasteiger charge is 2.40. The predicted octanol–water partition coefficient (Wildman–Crippen LogP) is 1.87. The van der Waals surface area contributed by atoms with Crippen LogP contribution >= 0.6 is 0 Å². The SMILES string of the molecule is Cn1cc(-c2ccc(F)cc2)c(C(O)C(=O)N2CC3=C(C2)CN(S(=O)(=O)c2ccc4c(c2)OCCO4)C3)n1. The zero-order chi connectivity index (χ0) is 26.6. The van der Waals surface area contributed by atoms with E-state index in [2.05, 4.69) is 5.10 Å². The van der Waals surface area contributed by atoms with Crippen molar-refractivity contribution < 1.29 is 32.2 Å². The van der Waals surface area contributed by atoms with Gasteiger partial charge in [-0.05, 0) is 41.0 Å². The topological polar surface area (TPSA) is 114 Å². The van der Waals surface area contributed by atoms with Gasteiger partial charge in [0.25, 0.3) is 5.91 Å². The number of aromatic nitrogens is 2. The number of hydrogen-bond acceptors (Lipinski definition) is 7. The monoisotopic (exact) mass is 540 g/mol. The molecule has 3 aliphatic heterocycles. The van der Waals surface area contributed by atoms with Gasteiger partial charge in [-0.25, -0.2) is 12.8 Å². The van der Waals surface area contributed by atoms with Gasteiger partial charge in [0.1, 0.15) is 24.7 Å². The maximum Gasteiger partial charge on any atom is 0.258 e. The van der Waals surface area contributed by atoms with Crippen LogP contribution in [0.2, 0.25) is 0 Å². The Morgan fingerprint density at radius 1 is 1.00 bits per heavy atom. The highest BCUT2D eigenvalue weighted by Crippen LogP contribution is 2.36. The lowest BCUT2D eigenvalue weighted by molar-refractivity contribution is -0.139. The van der Waals surface area contributed by atoms with E-state index in [1.807, 2.05) is 0 Å². The van der Waals surface area contributed by atoms with E-state index in [0.717, 1.165) is 11.1 Å². The molecule has 0 aliphatic carbocycles. The highest BCUT2D eigenvalue weighted by molar-refractivity contribution is 7.89. The van der Waals surface area contributed by atoms with Crippen molar-refractivity contribution >= 4 is 15.9 Å². The minimum atomic E-state index is -3.78. The molecule has 38 heavy (non-hydrogen) atoms. The Bertz CT molecular complexity index is 1550. The van der Waals surface area contributed by atoms with E-state index in [9.17, 15) is 22.7 Å².